The molecule has 0 aliphatic heterocycles. The summed E-state index contributed by atoms with van der Waals surface area (Å²) in [5.74, 6) is 0. The molecule has 0 aromatic carbocycles. The molecular formula is C6H11N3. The first kappa shape index (κ1) is 8.01. The van der Waals surface area contributed by atoms with Crippen LogP contribution in [0, 0.1) is 5.41 Å². The van der Waals surface area contributed by atoms with Crippen LogP contribution in [-0.4, -0.2) is 24.8 Å². The predicted octanol–water partition coefficient (Wildman–Crippen LogP) is 1.15. The average Bonchev–Trinajstić information content (AvgIpc) is 1.85. The fourth-order valence-corrected chi connectivity index (χ4v) is 0.359. The van der Waals surface area contributed by atoms with Crippen molar-refractivity contribution in [3.05, 3.63) is 0 Å². The Kier molecular flexibility index (Phi) is 4.59. The summed E-state index contributed by atoms with van der Waals surface area (Å²) in [6.07, 6.45) is 2.67. The maximum Gasteiger partial charge on any atom is 0.107 e. The molecule has 50 valence electrons. The lowest BCUT2D eigenvalue weighted by Crippen LogP contribution is -1.92. The van der Waals surface area contributed by atoms with Crippen LogP contribution in [0.25, 0.3) is 0 Å². The van der Waals surface area contributed by atoms with Crippen LogP contribution in [0.2, 0.25) is 0 Å². The van der Waals surface area contributed by atoms with Crippen LogP contribution in [-0.2, 0) is 0 Å². The highest BCUT2D eigenvalue weighted by atomic mass is 14.8. The van der Waals surface area contributed by atoms with E-state index in [1.54, 1.807) is 6.21 Å². The van der Waals surface area contributed by atoms with Crippen LogP contribution in [0.1, 0.15) is 13.8 Å². The molecule has 0 saturated heterocycles. The first-order valence-corrected chi connectivity index (χ1v) is 2.84. The highest BCUT2D eigenvalue weighted by Gasteiger charge is 1.77. The van der Waals surface area contributed by atoms with Gasteiger partial charge in [0.15, 0.2) is 0 Å². The number of hydrogen-bond donors (Lipinski definition) is 1. The molecule has 0 radical (unpaired) electrons. The van der Waals surface area contributed by atoms with Crippen molar-refractivity contribution in [2.45, 2.75) is 13.8 Å². The van der Waals surface area contributed by atoms with Gasteiger partial charge in [0.1, 0.15) is 6.34 Å². The Bertz CT molecular complexity index is 135. The monoisotopic (exact) mass is 125 g/mol. The van der Waals surface area contributed by atoms with Crippen molar-refractivity contribution in [1.29, 1.82) is 5.41 Å². The Morgan fingerprint density at radius 3 is 2.78 bits per heavy atom. The maximum atomic E-state index is 6.59. The van der Waals surface area contributed by atoms with Crippen LogP contribution in [0.4, 0.5) is 0 Å². The Balaban J connectivity index is 3.74. The van der Waals surface area contributed by atoms with Gasteiger partial charge < -0.3 is 0 Å². The van der Waals surface area contributed by atoms with E-state index in [0.29, 0.717) is 0 Å². The molecule has 9 heavy (non-hydrogen) atoms. The highest BCUT2D eigenvalue weighted by molar-refractivity contribution is 6.30. The lowest BCUT2D eigenvalue weighted by molar-refractivity contribution is 1.14. The molecule has 0 heterocycles. The highest BCUT2D eigenvalue weighted by Crippen LogP contribution is 1.70. The van der Waals surface area contributed by atoms with Gasteiger partial charge in [0.05, 0.1) is 5.71 Å². The molecule has 0 saturated carbocycles. The Labute approximate surface area is 55.0 Å². The fraction of sp³-hybridized carbons (Fsp3) is 0.500. The second-order valence-corrected chi connectivity index (χ2v) is 1.53. The van der Waals surface area contributed by atoms with Crippen molar-refractivity contribution in [3.8, 4) is 0 Å². The molecule has 0 aromatic heterocycles. The van der Waals surface area contributed by atoms with E-state index in [0.717, 1.165) is 18.6 Å². The van der Waals surface area contributed by atoms with E-state index in [1.807, 2.05) is 13.8 Å². The molecule has 0 unspecified atom stereocenters. The van der Waals surface area contributed by atoms with Gasteiger partial charge in [-0.3, -0.25) is 10.4 Å². The molecule has 3 nitrogen and oxygen atoms in total. The van der Waals surface area contributed by atoms with E-state index < -0.39 is 0 Å². The third-order valence-electron chi connectivity index (χ3n) is 0.729. The Hall–Kier alpha value is -0.990. The zero-order valence-corrected chi connectivity index (χ0v) is 5.76. The molecule has 0 atom stereocenters. The first-order chi connectivity index (χ1) is 4.31. The van der Waals surface area contributed by atoms with E-state index in [2.05, 4.69) is 9.98 Å². The van der Waals surface area contributed by atoms with E-state index in [-0.39, 0.29) is 0 Å². The maximum absolute atomic E-state index is 6.59. The quantitative estimate of drug-likeness (QED) is 0.434. The predicted molar refractivity (Wildman–Crippen MR) is 40.9 cm³/mol. The normalized spacial score (nSPS) is 12.4. The van der Waals surface area contributed by atoms with Crippen LogP contribution in [0.15, 0.2) is 9.98 Å². The zero-order valence-electron chi connectivity index (χ0n) is 5.76. The largest absolute Gasteiger partial charge is 0.292 e. The van der Waals surface area contributed by atoms with Crippen LogP contribution in [0.5, 0.6) is 0 Å². The molecule has 0 rings (SSSR count). The third kappa shape index (κ3) is 4.87. The van der Waals surface area contributed by atoms with Gasteiger partial charge in [-0.1, -0.05) is 0 Å². The van der Waals surface area contributed by atoms with E-state index >= 15 is 0 Å². The average molecular weight is 125 g/mol. The zero-order chi connectivity index (χ0) is 7.11. The van der Waals surface area contributed by atoms with Crippen molar-refractivity contribution >= 4 is 18.3 Å². The van der Waals surface area contributed by atoms with E-state index in [4.69, 9.17) is 5.41 Å². The van der Waals surface area contributed by atoms with E-state index in [1.165, 1.54) is 0 Å². The molecule has 1 N–H and O–H groups in total. The van der Waals surface area contributed by atoms with Gasteiger partial charge in [-0.2, -0.15) is 0 Å². The third-order valence-corrected chi connectivity index (χ3v) is 0.729. The summed E-state index contributed by atoms with van der Waals surface area (Å²) >= 11 is 0. The second-order valence-electron chi connectivity index (χ2n) is 1.53. The summed E-state index contributed by atoms with van der Waals surface area (Å²) < 4.78 is 0. The minimum absolute atomic E-state index is 0.769. The van der Waals surface area contributed by atoms with Crippen molar-refractivity contribution in [1.82, 2.24) is 0 Å². The molecule has 0 bridgehead atoms. The van der Waals surface area contributed by atoms with Gasteiger partial charge in [-0.25, -0.2) is 4.99 Å². The van der Waals surface area contributed by atoms with Crippen LogP contribution in [0.3, 0.4) is 0 Å². The molecule has 0 aromatic rings. The standard InChI is InChI=1S/C6H11N3/c1-3-8-4-6(2)9-5-7/h4-5,7H,3H2,1-2H3. The minimum atomic E-state index is 0.769. The number of rotatable bonds is 3. The van der Waals surface area contributed by atoms with Crippen molar-refractivity contribution in [2.24, 2.45) is 9.98 Å². The molecule has 0 spiro atoms. The summed E-state index contributed by atoms with van der Waals surface area (Å²) in [5.41, 5.74) is 0.770. The number of aliphatic imine (C=N–C) groups is 2. The fourth-order valence-electron chi connectivity index (χ4n) is 0.359. The molecule has 0 fully saturated rings. The summed E-state index contributed by atoms with van der Waals surface area (Å²) in [5, 5.41) is 6.59. The number of nitrogens with zero attached hydrogens (tertiary/aromatic N) is 2. The molecule has 3 heteroatoms. The molecule has 0 aliphatic carbocycles. The van der Waals surface area contributed by atoms with Crippen molar-refractivity contribution < 1.29 is 0 Å². The summed E-state index contributed by atoms with van der Waals surface area (Å²) in [4.78, 5) is 7.60. The van der Waals surface area contributed by atoms with Crippen LogP contribution < -0.4 is 0 Å². The topological polar surface area (TPSA) is 48.6 Å². The molecule has 0 amide bonds. The Morgan fingerprint density at radius 1 is 1.67 bits per heavy atom. The van der Waals surface area contributed by atoms with Gasteiger partial charge in [-0.05, 0) is 13.8 Å². The minimum Gasteiger partial charge on any atom is -0.292 e. The summed E-state index contributed by atoms with van der Waals surface area (Å²) in [6, 6.07) is 0. The number of nitrogens with one attached hydrogen (secondary N) is 1. The van der Waals surface area contributed by atoms with Gasteiger partial charge in [0, 0.05) is 12.8 Å². The molecular weight excluding hydrogens is 114 g/mol. The van der Waals surface area contributed by atoms with Gasteiger partial charge in [0.25, 0.3) is 0 Å². The van der Waals surface area contributed by atoms with Crippen molar-refractivity contribution in [2.75, 3.05) is 6.54 Å². The number of hydrogen-bond acceptors (Lipinski definition) is 2. The molecule has 0 aliphatic rings. The van der Waals surface area contributed by atoms with Gasteiger partial charge >= 0.3 is 0 Å². The van der Waals surface area contributed by atoms with E-state index in [9.17, 15) is 0 Å². The first-order valence-electron chi connectivity index (χ1n) is 2.84. The second kappa shape index (κ2) is 5.15. The Morgan fingerprint density at radius 2 is 2.33 bits per heavy atom. The van der Waals surface area contributed by atoms with Gasteiger partial charge in [0.2, 0.25) is 0 Å². The van der Waals surface area contributed by atoms with Gasteiger partial charge in [-0.15, -0.1) is 0 Å². The lowest BCUT2D eigenvalue weighted by Gasteiger charge is -1.83. The smallest absolute Gasteiger partial charge is 0.107 e. The lowest BCUT2D eigenvalue weighted by atomic mass is 10.5. The summed E-state index contributed by atoms with van der Waals surface area (Å²) in [6.45, 7) is 4.53. The summed E-state index contributed by atoms with van der Waals surface area (Å²) in [7, 11) is 0. The van der Waals surface area contributed by atoms with Crippen molar-refractivity contribution in [3.63, 3.8) is 0 Å². The van der Waals surface area contributed by atoms with Crippen LogP contribution >= 0.6 is 0 Å². The SMILES string of the molecule is CCN=CC(C)=NC=N.